The average molecular weight is 606 g/mol. The zero-order chi connectivity index (χ0) is 31.8. The van der Waals surface area contributed by atoms with Crippen LogP contribution in [0.2, 0.25) is 0 Å². The highest BCUT2D eigenvalue weighted by Gasteiger charge is 2.37. The van der Waals surface area contributed by atoms with Crippen LogP contribution in [0.25, 0.3) is 0 Å². The lowest BCUT2D eigenvalue weighted by Crippen LogP contribution is -2.52. The number of carbonyl (C=O) groups is 2. The number of benzene rings is 1. The predicted octanol–water partition coefficient (Wildman–Crippen LogP) is 6.12. The van der Waals surface area contributed by atoms with Crippen molar-refractivity contribution in [3.63, 3.8) is 0 Å². The third kappa shape index (κ3) is 7.48. The van der Waals surface area contributed by atoms with Crippen LogP contribution in [-0.2, 0) is 28.9 Å². The smallest absolute Gasteiger partial charge is 0.410 e. The van der Waals surface area contributed by atoms with Gasteiger partial charge in [0, 0.05) is 51.2 Å². The van der Waals surface area contributed by atoms with E-state index in [0.717, 1.165) is 50.9 Å². The van der Waals surface area contributed by atoms with Crippen LogP contribution in [-0.4, -0.2) is 88.9 Å². The van der Waals surface area contributed by atoms with Crippen molar-refractivity contribution in [3.8, 4) is 0 Å². The number of fused-ring (bicyclic) bond motifs is 2. The second-order valence-corrected chi connectivity index (χ2v) is 14.7. The quantitative estimate of drug-likeness (QED) is 0.416. The molecule has 0 radical (unpaired) electrons. The molecule has 1 fully saturated rings. The molecule has 2 aliphatic heterocycles. The van der Waals surface area contributed by atoms with Gasteiger partial charge in [0.15, 0.2) is 0 Å². The Balaban J connectivity index is 1.37. The van der Waals surface area contributed by atoms with Gasteiger partial charge >= 0.3 is 12.2 Å². The lowest BCUT2D eigenvalue weighted by atomic mass is 9.88. The summed E-state index contributed by atoms with van der Waals surface area (Å²) in [7, 11) is 2.17. The number of ether oxygens (including phenoxy) is 2. The summed E-state index contributed by atoms with van der Waals surface area (Å²) in [4.78, 5) is 39.7. The van der Waals surface area contributed by atoms with Crippen LogP contribution in [0.5, 0.6) is 0 Å². The van der Waals surface area contributed by atoms with Gasteiger partial charge in [0.2, 0.25) is 0 Å². The standard InChI is InChI=1S/C35H51N5O4/c1-24-19-25-11-9-14-30(31(25)36-21-24)37(8)23-27-20-28-26(22-40(27)33(42)44-35(5,6)7)12-10-13-29(28)38-15-17-39(18-16-38)32(41)43-34(2,3)4/h10,12-13,19,21,27,30H,9,11,14-18,20,22-23H2,1-8H3. The third-order valence-corrected chi connectivity index (χ3v) is 8.78. The molecule has 44 heavy (non-hydrogen) atoms. The Labute approximate surface area is 263 Å². The first-order valence-corrected chi connectivity index (χ1v) is 16.2. The maximum absolute atomic E-state index is 13.6. The van der Waals surface area contributed by atoms with Crippen molar-refractivity contribution < 1.29 is 19.1 Å². The Morgan fingerprint density at radius 1 is 0.977 bits per heavy atom. The first kappa shape index (κ1) is 32.1. The van der Waals surface area contributed by atoms with Crippen molar-refractivity contribution in [2.45, 2.75) is 104 Å². The van der Waals surface area contributed by atoms with Crippen molar-refractivity contribution in [3.05, 3.63) is 58.4 Å². The molecule has 240 valence electrons. The molecule has 9 heteroatoms. The second-order valence-electron chi connectivity index (χ2n) is 14.7. The molecule has 2 unspecified atom stereocenters. The summed E-state index contributed by atoms with van der Waals surface area (Å²) in [6.45, 7) is 17.5. The van der Waals surface area contributed by atoms with Gasteiger partial charge < -0.3 is 19.3 Å². The molecule has 1 saturated heterocycles. The Morgan fingerprint density at radius 3 is 2.34 bits per heavy atom. The van der Waals surface area contributed by atoms with Gasteiger partial charge in [0.05, 0.1) is 17.8 Å². The van der Waals surface area contributed by atoms with E-state index in [1.54, 1.807) is 4.90 Å². The molecule has 0 spiro atoms. The molecule has 0 N–H and O–H groups in total. The van der Waals surface area contributed by atoms with E-state index in [4.69, 9.17) is 14.5 Å². The Hall–Kier alpha value is -3.33. The molecule has 3 heterocycles. The molecule has 3 aliphatic rings. The second kappa shape index (κ2) is 12.6. The highest BCUT2D eigenvalue weighted by Crippen LogP contribution is 2.36. The van der Waals surface area contributed by atoms with E-state index in [1.807, 2.05) is 52.6 Å². The highest BCUT2D eigenvalue weighted by atomic mass is 16.6. The SMILES string of the molecule is Cc1cnc2c(c1)CCCC2N(C)CC1Cc2c(cccc2N2CCN(C(=O)OC(C)(C)C)CC2)CN1C(=O)OC(C)(C)C. The van der Waals surface area contributed by atoms with Crippen molar-refractivity contribution >= 4 is 17.9 Å². The van der Waals surface area contributed by atoms with Gasteiger partial charge in [-0.15, -0.1) is 0 Å². The first-order valence-electron chi connectivity index (χ1n) is 16.2. The van der Waals surface area contributed by atoms with Gasteiger partial charge in [0.25, 0.3) is 0 Å². The molecule has 1 aromatic heterocycles. The lowest BCUT2D eigenvalue weighted by Gasteiger charge is -2.43. The summed E-state index contributed by atoms with van der Waals surface area (Å²) < 4.78 is 11.5. The normalized spacial score (nSPS) is 20.7. The number of piperazine rings is 1. The van der Waals surface area contributed by atoms with Gasteiger partial charge in [-0.1, -0.05) is 18.2 Å². The highest BCUT2D eigenvalue weighted by molar-refractivity contribution is 5.71. The Bertz CT molecular complexity index is 1360. The first-order chi connectivity index (χ1) is 20.7. The van der Waals surface area contributed by atoms with Gasteiger partial charge in [-0.2, -0.15) is 0 Å². The van der Waals surface area contributed by atoms with E-state index in [0.29, 0.717) is 19.6 Å². The minimum absolute atomic E-state index is 0.0534. The summed E-state index contributed by atoms with van der Waals surface area (Å²) in [5, 5.41) is 0. The molecule has 1 aliphatic carbocycles. The predicted molar refractivity (Wildman–Crippen MR) is 173 cm³/mol. The molecule has 5 rings (SSSR count). The van der Waals surface area contributed by atoms with Crippen LogP contribution in [0.1, 0.15) is 88.4 Å². The van der Waals surface area contributed by atoms with E-state index >= 15 is 0 Å². The fourth-order valence-electron chi connectivity index (χ4n) is 6.77. The number of amides is 2. The fraction of sp³-hybridized carbons (Fsp3) is 0.629. The van der Waals surface area contributed by atoms with Gasteiger partial charge in [-0.3, -0.25) is 14.8 Å². The van der Waals surface area contributed by atoms with Crippen molar-refractivity contribution in [1.29, 1.82) is 0 Å². The summed E-state index contributed by atoms with van der Waals surface area (Å²) >= 11 is 0. The van der Waals surface area contributed by atoms with Crippen LogP contribution in [0.15, 0.2) is 30.5 Å². The number of aromatic nitrogens is 1. The maximum atomic E-state index is 13.6. The summed E-state index contributed by atoms with van der Waals surface area (Å²) in [5.41, 5.74) is 6.27. The van der Waals surface area contributed by atoms with E-state index in [2.05, 4.69) is 48.0 Å². The summed E-state index contributed by atoms with van der Waals surface area (Å²) in [5.74, 6) is 0. The Morgan fingerprint density at radius 2 is 1.66 bits per heavy atom. The topological polar surface area (TPSA) is 78.5 Å². The minimum Gasteiger partial charge on any atom is -0.444 e. The number of aryl methyl sites for hydroxylation is 2. The number of hydrogen-bond acceptors (Lipinski definition) is 7. The molecular weight excluding hydrogens is 554 g/mol. The number of rotatable bonds is 4. The molecule has 2 atom stereocenters. The van der Waals surface area contributed by atoms with Crippen LogP contribution < -0.4 is 4.90 Å². The minimum atomic E-state index is -0.576. The van der Waals surface area contributed by atoms with E-state index < -0.39 is 11.2 Å². The molecule has 0 bridgehead atoms. The number of carbonyl (C=O) groups excluding carboxylic acids is 2. The average Bonchev–Trinajstić information content (AvgIpc) is 2.94. The van der Waals surface area contributed by atoms with E-state index in [-0.39, 0.29) is 24.3 Å². The lowest BCUT2D eigenvalue weighted by molar-refractivity contribution is 0.00643. The van der Waals surface area contributed by atoms with E-state index in [9.17, 15) is 9.59 Å². The van der Waals surface area contributed by atoms with Crippen molar-refractivity contribution in [1.82, 2.24) is 19.7 Å². The zero-order valence-electron chi connectivity index (χ0n) is 28.0. The molecule has 0 saturated carbocycles. The number of hydrogen-bond donors (Lipinski definition) is 0. The van der Waals surface area contributed by atoms with Crippen molar-refractivity contribution in [2.24, 2.45) is 0 Å². The summed E-state index contributed by atoms with van der Waals surface area (Å²) in [6.07, 6.45) is 5.46. The molecular formula is C35H51N5O4. The molecule has 1 aromatic carbocycles. The number of likely N-dealkylation sites (N-methyl/N-ethyl adjacent to an activating group) is 1. The number of nitrogens with zero attached hydrogens (tertiary/aromatic N) is 5. The Kier molecular flexibility index (Phi) is 9.17. The van der Waals surface area contributed by atoms with Crippen molar-refractivity contribution in [2.75, 3.05) is 44.7 Å². The number of pyridine rings is 1. The van der Waals surface area contributed by atoms with Crippen LogP contribution in [0, 0.1) is 6.92 Å². The fourth-order valence-corrected chi connectivity index (χ4v) is 6.77. The molecule has 2 amide bonds. The van der Waals surface area contributed by atoms with Gasteiger partial charge in [-0.05, 0) is 110 Å². The van der Waals surface area contributed by atoms with Crippen LogP contribution in [0.3, 0.4) is 0 Å². The van der Waals surface area contributed by atoms with Gasteiger partial charge in [-0.25, -0.2) is 9.59 Å². The monoisotopic (exact) mass is 605 g/mol. The number of anilines is 1. The zero-order valence-corrected chi connectivity index (χ0v) is 28.0. The molecule has 9 nitrogen and oxygen atoms in total. The molecule has 2 aromatic rings. The largest absolute Gasteiger partial charge is 0.444 e. The maximum Gasteiger partial charge on any atom is 0.410 e. The summed E-state index contributed by atoms with van der Waals surface area (Å²) in [6, 6.07) is 8.85. The van der Waals surface area contributed by atoms with E-state index in [1.165, 1.54) is 28.1 Å². The van der Waals surface area contributed by atoms with Gasteiger partial charge in [0.1, 0.15) is 11.2 Å². The van der Waals surface area contributed by atoms with Crippen LogP contribution in [0.4, 0.5) is 15.3 Å². The third-order valence-electron chi connectivity index (χ3n) is 8.78. The van der Waals surface area contributed by atoms with Crippen LogP contribution >= 0.6 is 0 Å².